The molecule has 4 rings (SSSR count). The molecule has 0 aliphatic rings. The molecule has 0 saturated carbocycles. The molecule has 0 aliphatic carbocycles. The van der Waals surface area contributed by atoms with E-state index < -0.39 is 5.41 Å². The molecule has 0 spiro atoms. The van der Waals surface area contributed by atoms with Gasteiger partial charge in [0.15, 0.2) is 0 Å². The minimum Gasteiger partial charge on any atom is -0.497 e. The molecule has 0 bridgehead atoms. The maximum atomic E-state index is 6.64. The molecule has 0 radical (unpaired) electrons. The largest absolute Gasteiger partial charge is 0.497 e. The van der Waals surface area contributed by atoms with Crippen molar-refractivity contribution >= 4 is 11.4 Å². The van der Waals surface area contributed by atoms with Gasteiger partial charge in [0.25, 0.3) is 0 Å². The highest BCUT2D eigenvalue weighted by Gasteiger charge is 2.41. The molecule has 156 valence electrons. The first kappa shape index (κ1) is 20.4. The van der Waals surface area contributed by atoms with Gasteiger partial charge in [-0.15, -0.1) is 0 Å². The Morgan fingerprint density at radius 2 is 0.935 bits per heavy atom. The molecule has 0 aromatic heterocycles. The Hall–Kier alpha value is -3.92. The molecule has 4 nitrogen and oxygen atoms in total. The molecule has 4 heteroatoms. The quantitative estimate of drug-likeness (QED) is 0.336. The number of rotatable bonds is 6. The molecule has 0 aliphatic heterocycles. The summed E-state index contributed by atoms with van der Waals surface area (Å²) in [5, 5.41) is 0. The maximum Gasteiger partial charge on any atom is 0.119 e. The molecule has 31 heavy (non-hydrogen) atoms. The van der Waals surface area contributed by atoms with Crippen molar-refractivity contribution < 1.29 is 9.47 Å². The zero-order valence-corrected chi connectivity index (χ0v) is 17.7. The Kier molecular flexibility index (Phi) is 5.54. The van der Waals surface area contributed by atoms with Crippen LogP contribution in [-0.2, 0) is 5.41 Å². The molecule has 0 fully saturated rings. The minimum atomic E-state index is -0.778. The van der Waals surface area contributed by atoms with Gasteiger partial charge in [0, 0.05) is 11.4 Å². The van der Waals surface area contributed by atoms with E-state index in [2.05, 4.69) is 24.3 Å². The van der Waals surface area contributed by atoms with E-state index in [1.807, 2.05) is 72.8 Å². The molecule has 4 aromatic carbocycles. The first-order valence-corrected chi connectivity index (χ1v) is 10.1. The highest BCUT2D eigenvalue weighted by atomic mass is 16.5. The number of benzene rings is 4. The molecule has 0 amide bonds. The fraction of sp³-hybridized carbons (Fsp3) is 0.111. The SMILES string of the molecule is COc1ccc(N)c(C(c2ccccc2)(c2ccccc2)c2cc(OC)ccc2N)c1. The van der Waals surface area contributed by atoms with Crippen molar-refractivity contribution in [3.05, 3.63) is 119 Å². The summed E-state index contributed by atoms with van der Waals surface area (Å²) in [4.78, 5) is 0. The summed E-state index contributed by atoms with van der Waals surface area (Å²) in [6, 6.07) is 32.0. The first-order chi connectivity index (χ1) is 15.1. The fourth-order valence-electron chi connectivity index (χ4n) is 4.28. The smallest absolute Gasteiger partial charge is 0.119 e. The second-order valence-electron chi connectivity index (χ2n) is 7.39. The molecule has 0 unspecified atom stereocenters. The highest BCUT2D eigenvalue weighted by Crippen LogP contribution is 2.50. The second-order valence-corrected chi connectivity index (χ2v) is 7.39. The van der Waals surface area contributed by atoms with Crippen LogP contribution in [0.1, 0.15) is 22.3 Å². The third-order valence-electron chi connectivity index (χ3n) is 5.74. The number of methoxy groups -OCH3 is 2. The van der Waals surface area contributed by atoms with Crippen LogP contribution in [0, 0.1) is 0 Å². The molecule has 4 aromatic rings. The van der Waals surface area contributed by atoms with Gasteiger partial charge in [-0.25, -0.2) is 0 Å². The Morgan fingerprint density at radius 3 is 1.29 bits per heavy atom. The monoisotopic (exact) mass is 410 g/mol. The average molecular weight is 411 g/mol. The average Bonchev–Trinajstić information content (AvgIpc) is 2.83. The Labute approximate surface area is 183 Å². The molecular weight excluding hydrogens is 384 g/mol. The van der Waals surface area contributed by atoms with Gasteiger partial charge >= 0.3 is 0 Å². The van der Waals surface area contributed by atoms with Crippen molar-refractivity contribution in [3.63, 3.8) is 0 Å². The van der Waals surface area contributed by atoms with Gasteiger partial charge in [0.05, 0.1) is 19.6 Å². The molecule has 0 heterocycles. The van der Waals surface area contributed by atoms with E-state index in [1.165, 1.54) is 0 Å². The second kappa shape index (κ2) is 8.44. The molecule has 4 N–H and O–H groups in total. The summed E-state index contributed by atoms with van der Waals surface area (Å²) in [5.41, 5.74) is 17.7. The van der Waals surface area contributed by atoms with E-state index in [0.29, 0.717) is 11.4 Å². The number of hydrogen-bond acceptors (Lipinski definition) is 4. The van der Waals surface area contributed by atoms with E-state index in [-0.39, 0.29) is 0 Å². The van der Waals surface area contributed by atoms with Crippen molar-refractivity contribution in [3.8, 4) is 11.5 Å². The summed E-state index contributed by atoms with van der Waals surface area (Å²) < 4.78 is 11.2. The van der Waals surface area contributed by atoms with Gasteiger partial charge in [0.1, 0.15) is 11.5 Å². The number of hydrogen-bond donors (Lipinski definition) is 2. The van der Waals surface area contributed by atoms with Gasteiger partial charge in [-0.2, -0.15) is 0 Å². The third-order valence-corrected chi connectivity index (χ3v) is 5.74. The Bertz CT molecular complexity index is 1080. The predicted molar refractivity (Wildman–Crippen MR) is 127 cm³/mol. The van der Waals surface area contributed by atoms with Gasteiger partial charge in [-0.1, -0.05) is 60.7 Å². The van der Waals surface area contributed by atoms with Crippen LogP contribution in [0.5, 0.6) is 11.5 Å². The lowest BCUT2D eigenvalue weighted by atomic mass is 9.64. The van der Waals surface area contributed by atoms with Crippen LogP contribution in [-0.4, -0.2) is 14.2 Å². The normalized spacial score (nSPS) is 11.2. The molecular formula is C27H26N2O2. The molecule has 0 saturated heterocycles. The zero-order valence-electron chi connectivity index (χ0n) is 17.7. The minimum absolute atomic E-state index is 0.649. The van der Waals surface area contributed by atoms with Gasteiger partial charge in [0.2, 0.25) is 0 Å². The summed E-state index contributed by atoms with van der Waals surface area (Å²) in [6.45, 7) is 0. The van der Waals surface area contributed by atoms with Crippen LogP contribution >= 0.6 is 0 Å². The van der Waals surface area contributed by atoms with E-state index >= 15 is 0 Å². The number of nitrogen functional groups attached to an aromatic ring is 2. The van der Waals surface area contributed by atoms with Crippen molar-refractivity contribution in [2.24, 2.45) is 0 Å². The lowest BCUT2D eigenvalue weighted by Gasteiger charge is -2.38. The predicted octanol–water partition coefficient (Wildman–Crippen LogP) is 5.25. The van der Waals surface area contributed by atoms with Gasteiger partial charge < -0.3 is 20.9 Å². The number of nitrogens with two attached hydrogens (primary N) is 2. The van der Waals surface area contributed by atoms with Gasteiger partial charge in [-0.3, -0.25) is 0 Å². The summed E-state index contributed by atoms with van der Waals surface area (Å²) >= 11 is 0. The van der Waals surface area contributed by atoms with Crippen molar-refractivity contribution in [2.45, 2.75) is 5.41 Å². The summed E-state index contributed by atoms with van der Waals surface area (Å²) in [5.74, 6) is 1.45. The zero-order chi connectivity index (χ0) is 21.8. The van der Waals surface area contributed by atoms with Crippen LogP contribution in [0.25, 0.3) is 0 Å². The Morgan fingerprint density at radius 1 is 0.548 bits per heavy atom. The lowest BCUT2D eigenvalue weighted by molar-refractivity contribution is 0.413. The van der Waals surface area contributed by atoms with Crippen molar-refractivity contribution in [2.75, 3.05) is 25.7 Å². The first-order valence-electron chi connectivity index (χ1n) is 10.1. The Balaban J connectivity index is 2.22. The van der Waals surface area contributed by atoms with E-state index in [4.69, 9.17) is 20.9 Å². The molecule has 0 atom stereocenters. The lowest BCUT2D eigenvalue weighted by Crippen LogP contribution is -2.33. The van der Waals surface area contributed by atoms with Crippen molar-refractivity contribution in [1.82, 2.24) is 0 Å². The summed E-state index contributed by atoms with van der Waals surface area (Å²) in [6.07, 6.45) is 0. The summed E-state index contributed by atoms with van der Waals surface area (Å²) in [7, 11) is 3.31. The third kappa shape index (κ3) is 3.46. The topological polar surface area (TPSA) is 70.5 Å². The van der Waals surface area contributed by atoms with Crippen LogP contribution in [0.2, 0.25) is 0 Å². The van der Waals surface area contributed by atoms with Crippen molar-refractivity contribution in [1.29, 1.82) is 0 Å². The number of ether oxygens (including phenoxy) is 2. The van der Waals surface area contributed by atoms with E-state index in [0.717, 1.165) is 33.8 Å². The van der Waals surface area contributed by atoms with Crippen LogP contribution < -0.4 is 20.9 Å². The van der Waals surface area contributed by atoms with Crippen LogP contribution in [0.15, 0.2) is 97.1 Å². The number of anilines is 2. The van der Waals surface area contributed by atoms with Crippen LogP contribution in [0.3, 0.4) is 0 Å². The van der Waals surface area contributed by atoms with Gasteiger partial charge in [-0.05, 0) is 58.7 Å². The van der Waals surface area contributed by atoms with E-state index in [1.54, 1.807) is 14.2 Å². The van der Waals surface area contributed by atoms with E-state index in [9.17, 15) is 0 Å². The standard InChI is InChI=1S/C27H26N2O2/c1-30-21-13-15-25(28)23(17-21)27(19-9-5-3-6-10-19,20-11-7-4-8-12-20)24-18-22(31-2)14-16-26(24)29/h3-18H,28-29H2,1-2H3. The fourth-order valence-corrected chi connectivity index (χ4v) is 4.28. The maximum absolute atomic E-state index is 6.64. The highest BCUT2D eigenvalue weighted by molar-refractivity contribution is 5.73. The van der Waals surface area contributed by atoms with Crippen LogP contribution in [0.4, 0.5) is 11.4 Å².